The predicted molar refractivity (Wildman–Crippen MR) is 97.5 cm³/mol. The first-order valence-electron chi connectivity index (χ1n) is 7.45. The molecule has 0 fully saturated rings. The molecule has 23 heavy (non-hydrogen) atoms. The normalized spacial score (nSPS) is 11.6. The Labute approximate surface area is 148 Å². The minimum atomic E-state index is -0.253. The van der Waals surface area contributed by atoms with E-state index in [0.29, 0.717) is 18.1 Å². The van der Waals surface area contributed by atoms with Crippen LogP contribution in [0.15, 0.2) is 33.0 Å². The van der Waals surface area contributed by atoms with Crippen molar-refractivity contribution in [3.8, 4) is 0 Å². The number of thiazole rings is 1. The third-order valence-electron chi connectivity index (χ3n) is 3.11. The highest BCUT2D eigenvalue weighted by Crippen LogP contribution is 2.15. The van der Waals surface area contributed by atoms with Crippen LogP contribution in [0.2, 0.25) is 0 Å². The molecule has 0 radical (unpaired) electrons. The minimum absolute atomic E-state index is 0.253. The second-order valence-electron chi connectivity index (χ2n) is 4.97. The zero-order valence-electron chi connectivity index (χ0n) is 13.2. The molecule has 0 saturated carbocycles. The fourth-order valence-corrected chi connectivity index (χ4v) is 2.97. The number of hydrogen-bond donors (Lipinski definition) is 2. The number of hydrogen-bond acceptors (Lipinski definition) is 3. The molecule has 4 nitrogen and oxygen atoms in total. The second-order valence-corrected chi connectivity index (χ2v) is 6.94. The average Bonchev–Trinajstić information content (AvgIpc) is 2.91. The molecule has 0 aliphatic heterocycles. The van der Waals surface area contributed by atoms with Crippen molar-refractivity contribution < 1.29 is 4.39 Å². The van der Waals surface area contributed by atoms with Crippen molar-refractivity contribution in [2.24, 2.45) is 4.99 Å². The van der Waals surface area contributed by atoms with Crippen molar-refractivity contribution >= 4 is 33.2 Å². The minimum Gasteiger partial charge on any atom is -0.357 e. The third-order valence-corrected chi connectivity index (χ3v) is 4.42. The Morgan fingerprint density at radius 1 is 1.39 bits per heavy atom. The summed E-state index contributed by atoms with van der Waals surface area (Å²) in [7, 11) is 0. The van der Waals surface area contributed by atoms with E-state index in [9.17, 15) is 4.39 Å². The molecule has 1 aromatic carbocycles. The molecule has 1 aromatic heterocycles. The Balaban J connectivity index is 1.91. The quantitative estimate of drug-likeness (QED) is 0.576. The maximum absolute atomic E-state index is 13.8. The number of aliphatic imine (C=N–C) groups is 1. The number of halogens is 2. The number of nitrogens with zero attached hydrogens (tertiary/aromatic N) is 2. The monoisotopic (exact) mass is 398 g/mol. The van der Waals surface area contributed by atoms with Crippen LogP contribution < -0.4 is 10.6 Å². The first kappa shape index (κ1) is 17.9. The maximum Gasteiger partial charge on any atom is 0.191 e. The predicted octanol–water partition coefficient (Wildman–Crippen LogP) is 3.65. The van der Waals surface area contributed by atoms with Crippen molar-refractivity contribution in [3.63, 3.8) is 0 Å². The van der Waals surface area contributed by atoms with E-state index >= 15 is 0 Å². The topological polar surface area (TPSA) is 49.3 Å². The molecule has 2 N–H and O–H groups in total. The van der Waals surface area contributed by atoms with Gasteiger partial charge in [-0.15, -0.1) is 11.3 Å². The largest absolute Gasteiger partial charge is 0.357 e. The van der Waals surface area contributed by atoms with Crippen molar-refractivity contribution in [1.29, 1.82) is 0 Å². The lowest BCUT2D eigenvalue weighted by atomic mass is 10.2. The molecule has 0 spiro atoms. The summed E-state index contributed by atoms with van der Waals surface area (Å²) in [5, 5.41) is 9.56. The molecule has 0 aliphatic carbocycles. The highest BCUT2D eigenvalue weighted by Gasteiger charge is 2.04. The summed E-state index contributed by atoms with van der Waals surface area (Å²) in [6, 6.07) is 5.01. The Kier molecular flexibility index (Phi) is 6.98. The van der Waals surface area contributed by atoms with Gasteiger partial charge in [-0.2, -0.15) is 0 Å². The van der Waals surface area contributed by atoms with Gasteiger partial charge in [0.05, 0.1) is 17.2 Å². The number of aryl methyl sites for hydroxylation is 1. The van der Waals surface area contributed by atoms with Crippen LogP contribution in [0.3, 0.4) is 0 Å². The van der Waals surface area contributed by atoms with E-state index in [-0.39, 0.29) is 5.82 Å². The van der Waals surface area contributed by atoms with Gasteiger partial charge in [0.2, 0.25) is 0 Å². The molecule has 0 aliphatic rings. The van der Waals surface area contributed by atoms with E-state index in [4.69, 9.17) is 0 Å². The molecule has 7 heteroatoms. The van der Waals surface area contributed by atoms with Gasteiger partial charge in [0.1, 0.15) is 5.82 Å². The van der Waals surface area contributed by atoms with E-state index in [1.807, 2.05) is 19.9 Å². The number of benzene rings is 1. The van der Waals surface area contributed by atoms with Crippen molar-refractivity contribution in [2.45, 2.75) is 26.8 Å². The maximum atomic E-state index is 13.8. The molecule has 0 atom stereocenters. The van der Waals surface area contributed by atoms with Crippen molar-refractivity contribution in [2.75, 3.05) is 13.1 Å². The highest BCUT2D eigenvalue weighted by atomic mass is 79.9. The van der Waals surface area contributed by atoms with Crippen LogP contribution in [0.25, 0.3) is 0 Å². The molecular weight excluding hydrogens is 379 g/mol. The number of aromatic nitrogens is 1. The van der Waals surface area contributed by atoms with Crippen LogP contribution in [0.5, 0.6) is 0 Å². The van der Waals surface area contributed by atoms with Crippen LogP contribution in [0, 0.1) is 12.7 Å². The van der Waals surface area contributed by atoms with E-state index < -0.39 is 0 Å². The van der Waals surface area contributed by atoms with E-state index in [1.54, 1.807) is 17.4 Å². The highest BCUT2D eigenvalue weighted by molar-refractivity contribution is 9.10. The number of nitrogens with one attached hydrogen (secondary N) is 2. The zero-order valence-corrected chi connectivity index (χ0v) is 15.6. The zero-order chi connectivity index (χ0) is 16.7. The lowest BCUT2D eigenvalue weighted by Gasteiger charge is -2.11. The Bertz CT molecular complexity index is 672. The Hall–Kier alpha value is -1.47. The number of guanidine groups is 1. The molecular formula is C16H20BrFN4S. The molecule has 0 bridgehead atoms. The molecule has 0 saturated heterocycles. The van der Waals surface area contributed by atoms with Crippen LogP contribution in [-0.2, 0) is 13.0 Å². The summed E-state index contributed by atoms with van der Waals surface area (Å²) >= 11 is 4.91. The summed E-state index contributed by atoms with van der Waals surface area (Å²) in [4.78, 5) is 8.86. The van der Waals surface area contributed by atoms with E-state index in [0.717, 1.165) is 34.7 Å². The van der Waals surface area contributed by atoms with Gasteiger partial charge in [0.15, 0.2) is 5.96 Å². The van der Waals surface area contributed by atoms with Crippen LogP contribution in [0.4, 0.5) is 4.39 Å². The second kappa shape index (κ2) is 8.98. The average molecular weight is 399 g/mol. The summed E-state index contributed by atoms with van der Waals surface area (Å²) in [5.74, 6) is 0.429. The molecule has 124 valence electrons. The summed E-state index contributed by atoms with van der Waals surface area (Å²) in [6.45, 7) is 5.79. The van der Waals surface area contributed by atoms with Crippen LogP contribution in [0.1, 0.15) is 23.2 Å². The molecule has 2 rings (SSSR count). The first-order valence-corrected chi connectivity index (χ1v) is 9.13. The van der Waals surface area contributed by atoms with Gasteiger partial charge in [-0.3, -0.25) is 0 Å². The van der Waals surface area contributed by atoms with E-state index in [1.165, 1.54) is 6.07 Å². The van der Waals surface area contributed by atoms with E-state index in [2.05, 4.69) is 41.9 Å². The van der Waals surface area contributed by atoms with Crippen LogP contribution >= 0.6 is 27.3 Å². The van der Waals surface area contributed by atoms with Crippen molar-refractivity contribution in [1.82, 2.24) is 15.6 Å². The fraction of sp³-hybridized carbons (Fsp3) is 0.375. The summed E-state index contributed by atoms with van der Waals surface area (Å²) < 4.78 is 14.5. The van der Waals surface area contributed by atoms with Gasteiger partial charge in [0.25, 0.3) is 0 Å². The smallest absolute Gasteiger partial charge is 0.191 e. The Morgan fingerprint density at radius 3 is 2.87 bits per heavy atom. The SMILES string of the molecule is CCNC(=NCc1ccc(Br)cc1F)NCCc1csc(C)n1. The van der Waals surface area contributed by atoms with Gasteiger partial charge in [-0.05, 0) is 26.0 Å². The number of rotatable bonds is 6. The molecule has 0 unspecified atom stereocenters. The van der Waals surface area contributed by atoms with Gasteiger partial charge in [-0.1, -0.05) is 22.0 Å². The first-order chi connectivity index (χ1) is 11.1. The van der Waals surface area contributed by atoms with Gasteiger partial charge in [-0.25, -0.2) is 14.4 Å². The lowest BCUT2D eigenvalue weighted by molar-refractivity contribution is 0.609. The fourth-order valence-electron chi connectivity index (χ4n) is 1.99. The molecule has 1 heterocycles. The van der Waals surface area contributed by atoms with Crippen molar-refractivity contribution in [3.05, 3.63) is 50.1 Å². The lowest BCUT2D eigenvalue weighted by Crippen LogP contribution is -2.38. The van der Waals surface area contributed by atoms with Gasteiger partial charge in [0, 0.05) is 34.9 Å². The van der Waals surface area contributed by atoms with Gasteiger partial charge < -0.3 is 10.6 Å². The third kappa shape index (κ3) is 5.91. The Morgan fingerprint density at radius 2 is 2.22 bits per heavy atom. The van der Waals surface area contributed by atoms with Crippen LogP contribution in [-0.4, -0.2) is 24.0 Å². The van der Waals surface area contributed by atoms with Gasteiger partial charge >= 0.3 is 0 Å². The molecule has 2 aromatic rings. The standard InChI is InChI=1S/C16H20BrFN4S/c1-3-19-16(20-7-6-14-10-23-11(2)22-14)21-9-12-4-5-13(17)8-15(12)18/h4-5,8,10H,3,6-7,9H2,1-2H3,(H2,19,20,21). The molecule has 0 amide bonds. The summed E-state index contributed by atoms with van der Waals surface area (Å²) in [5.41, 5.74) is 1.65. The summed E-state index contributed by atoms with van der Waals surface area (Å²) in [6.07, 6.45) is 0.835.